The average Bonchev–Trinajstić information content (AvgIpc) is 2.80. The smallest absolute Gasteiger partial charge is 0.142 e. The lowest BCUT2D eigenvalue weighted by Crippen LogP contribution is -2.22. The van der Waals surface area contributed by atoms with Gasteiger partial charge in [0.1, 0.15) is 10.8 Å². The zero-order valence-corrected chi connectivity index (χ0v) is 13.4. The number of rotatable bonds is 5. The zero-order chi connectivity index (χ0) is 14.7. The zero-order valence-electron chi connectivity index (χ0n) is 11.8. The number of nitrogens with zero attached hydrogens (tertiary/aromatic N) is 1. The first kappa shape index (κ1) is 15.4. The van der Waals surface area contributed by atoms with Crippen LogP contribution < -0.4 is 5.32 Å². The van der Waals surface area contributed by atoms with Crippen molar-refractivity contribution < 1.29 is 4.39 Å². The molecule has 1 aromatic heterocycles. The van der Waals surface area contributed by atoms with Gasteiger partial charge in [-0.25, -0.2) is 9.37 Å². The summed E-state index contributed by atoms with van der Waals surface area (Å²) in [5.41, 5.74) is 1.97. The SMILES string of the molecule is CCNC(c1ccc(Cl)c(F)c1)c1nc(CC)c(C)s1. The molecule has 20 heavy (non-hydrogen) atoms. The quantitative estimate of drug-likeness (QED) is 0.879. The number of benzene rings is 1. The molecule has 0 saturated heterocycles. The van der Waals surface area contributed by atoms with E-state index in [4.69, 9.17) is 11.6 Å². The second-order valence-electron chi connectivity index (χ2n) is 4.57. The van der Waals surface area contributed by atoms with Crippen molar-refractivity contribution in [3.63, 3.8) is 0 Å². The Morgan fingerprint density at radius 3 is 2.70 bits per heavy atom. The molecule has 0 fully saturated rings. The number of nitrogens with one attached hydrogen (secondary N) is 1. The lowest BCUT2D eigenvalue weighted by Gasteiger charge is -2.16. The lowest BCUT2D eigenvalue weighted by atomic mass is 10.1. The predicted molar refractivity (Wildman–Crippen MR) is 83.2 cm³/mol. The molecular formula is C15H18ClFN2S. The Hall–Kier alpha value is -0.970. The van der Waals surface area contributed by atoms with Gasteiger partial charge >= 0.3 is 0 Å². The van der Waals surface area contributed by atoms with Crippen LogP contribution in [0.15, 0.2) is 18.2 Å². The van der Waals surface area contributed by atoms with Crippen molar-refractivity contribution in [1.29, 1.82) is 0 Å². The monoisotopic (exact) mass is 312 g/mol. The molecule has 2 rings (SSSR count). The fourth-order valence-corrected chi connectivity index (χ4v) is 3.38. The molecule has 1 atom stereocenters. The molecule has 0 spiro atoms. The Bertz CT molecular complexity index is 598. The molecule has 2 aromatic rings. The normalized spacial score (nSPS) is 12.7. The number of hydrogen-bond donors (Lipinski definition) is 1. The van der Waals surface area contributed by atoms with Gasteiger partial charge in [0.25, 0.3) is 0 Å². The molecule has 0 aliphatic carbocycles. The fourth-order valence-electron chi connectivity index (χ4n) is 2.15. The Morgan fingerprint density at radius 1 is 1.40 bits per heavy atom. The third-order valence-electron chi connectivity index (χ3n) is 3.18. The molecule has 0 amide bonds. The van der Waals surface area contributed by atoms with Gasteiger partial charge in [-0.05, 0) is 37.6 Å². The minimum atomic E-state index is -0.393. The number of aromatic nitrogens is 1. The molecule has 0 radical (unpaired) electrons. The lowest BCUT2D eigenvalue weighted by molar-refractivity contribution is 0.601. The summed E-state index contributed by atoms with van der Waals surface area (Å²) in [6.45, 7) is 6.98. The molecule has 0 saturated carbocycles. The molecular weight excluding hydrogens is 295 g/mol. The Labute approximate surface area is 128 Å². The van der Waals surface area contributed by atoms with Gasteiger partial charge in [-0.3, -0.25) is 0 Å². The Balaban J connectivity index is 2.41. The molecule has 1 unspecified atom stereocenters. The van der Waals surface area contributed by atoms with Gasteiger partial charge in [0.05, 0.1) is 16.8 Å². The third-order valence-corrected chi connectivity index (χ3v) is 4.56. The Morgan fingerprint density at radius 2 is 2.15 bits per heavy atom. The first-order chi connectivity index (χ1) is 9.56. The summed E-state index contributed by atoms with van der Waals surface area (Å²) in [4.78, 5) is 5.90. The summed E-state index contributed by atoms with van der Waals surface area (Å²) < 4.78 is 13.7. The van der Waals surface area contributed by atoms with E-state index in [2.05, 4.69) is 24.1 Å². The van der Waals surface area contributed by atoms with Gasteiger partial charge in [0.15, 0.2) is 0 Å². The summed E-state index contributed by atoms with van der Waals surface area (Å²) >= 11 is 7.41. The Kier molecular flexibility index (Phi) is 5.13. The topological polar surface area (TPSA) is 24.9 Å². The molecule has 0 aliphatic rings. The summed E-state index contributed by atoms with van der Waals surface area (Å²) in [5.74, 6) is -0.393. The largest absolute Gasteiger partial charge is 0.305 e. The van der Waals surface area contributed by atoms with Crippen LogP contribution in [0, 0.1) is 12.7 Å². The van der Waals surface area contributed by atoms with Crippen LogP contribution in [0.1, 0.15) is 41.0 Å². The van der Waals surface area contributed by atoms with Crippen LogP contribution in [0.25, 0.3) is 0 Å². The van der Waals surface area contributed by atoms with E-state index in [-0.39, 0.29) is 11.1 Å². The van der Waals surface area contributed by atoms with Gasteiger partial charge in [0.2, 0.25) is 0 Å². The minimum Gasteiger partial charge on any atom is -0.305 e. The van der Waals surface area contributed by atoms with Crippen molar-refractivity contribution >= 4 is 22.9 Å². The number of hydrogen-bond acceptors (Lipinski definition) is 3. The van der Waals surface area contributed by atoms with Crippen LogP contribution >= 0.6 is 22.9 Å². The van der Waals surface area contributed by atoms with E-state index in [1.54, 1.807) is 17.4 Å². The van der Waals surface area contributed by atoms with Crippen LogP contribution in [-0.2, 0) is 6.42 Å². The summed E-state index contributed by atoms with van der Waals surface area (Å²) in [6, 6.07) is 4.84. The van der Waals surface area contributed by atoms with E-state index in [9.17, 15) is 4.39 Å². The molecule has 5 heteroatoms. The van der Waals surface area contributed by atoms with Gasteiger partial charge < -0.3 is 5.32 Å². The predicted octanol–water partition coefficient (Wildman–Crippen LogP) is 4.51. The van der Waals surface area contributed by atoms with Crippen molar-refractivity contribution in [3.05, 3.63) is 50.2 Å². The van der Waals surface area contributed by atoms with Crippen LogP contribution in [0.3, 0.4) is 0 Å². The van der Waals surface area contributed by atoms with E-state index in [1.165, 1.54) is 10.9 Å². The molecule has 1 heterocycles. The maximum atomic E-state index is 13.7. The summed E-state index contributed by atoms with van der Waals surface area (Å²) in [7, 11) is 0. The highest BCUT2D eigenvalue weighted by Gasteiger charge is 2.19. The fraction of sp³-hybridized carbons (Fsp3) is 0.400. The maximum absolute atomic E-state index is 13.7. The summed E-state index contributed by atoms with van der Waals surface area (Å²) in [6.07, 6.45) is 0.913. The van der Waals surface area contributed by atoms with Gasteiger partial charge in [-0.2, -0.15) is 0 Å². The van der Waals surface area contributed by atoms with Crippen LogP contribution in [0.5, 0.6) is 0 Å². The highest BCUT2D eigenvalue weighted by Crippen LogP contribution is 2.30. The van der Waals surface area contributed by atoms with E-state index >= 15 is 0 Å². The van der Waals surface area contributed by atoms with Crippen LogP contribution in [-0.4, -0.2) is 11.5 Å². The second-order valence-corrected chi connectivity index (χ2v) is 6.21. The highest BCUT2D eigenvalue weighted by atomic mass is 35.5. The summed E-state index contributed by atoms with van der Waals surface area (Å²) in [5, 5.41) is 4.49. The van der Waals surface area contributed by atoms with Gasteiger partial charge in [-0.15, -0.1) is 11.3 Å². The first-order valence-electron chi connectivity index (χ1n) is 6.71. The van der Waals surface area contributed by atoms with E-state index < -0.39 is 5.82 Å². The van der Waals surface area contributed by atoms with Crippen molar-refractivity contribution in [2.24, 2.45) is 0 Å². The van der Waals surface area contributed by atoms with Crippen LogP contribution in [0.2, 0.25) is 5.02 Å². The number of thiazole rings is 1. The second kappa shape index (κ2) is 6.66. The van der Waals surface area contributed by atoms with Gasteiger partial charge in [-0.1, -0.05) is 31.5 Å². The molecule has 108 valence electrons. The molecule has 1 N–H and O–H groups in total. The van der Waals surface area contributed by atoms with E-state index in [0.29, 0.717) is 0 Å². The van der Waals surface area contributed by atoms with Crippen molar-refractivity contribution in [1.82, 2.24) is 10.3 Å². The third kappa shape index (κ3) is 3.19. The number of aryl methyl sites for hydroxylation is 2. The van der Waals surface area contributed by atoms with E-state index in [1.807, 2.05) is 13.0 Å². The molecule has 2 nitrogen and oxygen atoms in total. The minimum absolute atomic E-state index is 0.0873. The molecule has 0 aliphatic heterocycles. The standard InChI is InChI=1S/C15H18ClFN2S/c1-4-13-9(3)20-15(19-13)14(18-5-2)10-6-7-11(16)12(17)8-10/h6-8,14,18H,4-5H2,1-3H3. The van der Waals surface area contributed by atoms with Crippen molar-refractivity contribution in [2.75, 3.05) is 6.54 Å². The van der Waals surface area contributed by atoms with Crippen LogP contribution in [0.4, 0.5) is 4.39 Å². The maximum Gasteiger partial charge on any atom is 0.142 e. The van der Waals surface area contributed by atoms with Crippen molar-refractivity contribution in [3.8, 4) is 0 Å². The number of halogens is 2. The molecule has 0 bridgehead atoms. The van der Waals surface area contributed by atoms with Crippen molar-refractivity contribution in [2.45, 2.75) is 33.2 Å². The highest BCUT2D eigenvalue weighted by molar-refractivity contribution is 7.11. The average molecular weight is 313 g/mol. The van der Waals surface area contributed by atoms with Gasteiger partial charge in [0, 0.05) is 4.88 Å². The first-order valence-corrected chi connectivity index (χ1v) is 7.90. The molecule has 1 aromatic carbocycles. The van der Waals surface area contributed by atoms with E-state index in [0.717, 1.165) is 29.2 Å².